The molecule has 0 aliphatic heterocycles. The Labute approximate surface area is 126 Å². The Morgan fingerprint density at radius 3 is 2.50 bits per heavy atom. The number of fused-ring (bicyclic) bond motifs is 1. The third-order valence-corrected chi connectivity index (χ3v) is 4.84. The van der Waals surface area contributed by atoms with Crippen molar-refractivity contribution in [3.05, 3.63) is 69.8 Å². The normalized spacial score (nSPS) is 11.1. The van der Waals surface area contributed by atoms with E-state index in [0.29, 0.717) is 6.54 Å². The minimum atomic E-state index is -0.207. The fraction of sp³-hybridized carbons (Fsp3) is 0.125. The van der Waals surface area contributed by atoms with Crippen molar-refractivity contribution in [2.75, 3.05) is 0 Å². The number of benzene rings is 2. The van der Waals surface area contributed by atoms with Crippen molar-refractivity contribution in [1.82, 2.24) is 5.32 Å². The summed E-state index contributed by atoms with van der Waals surface area (Å²) >= 11 is 8.09. The molecule has 0 aliphatic rings. The van der Waals surface area contributed by atoms with Crippen LogP contribution < -0.4 is 5.32 Å². The standard InChI is InChI=1S/C16H13ClFNS/c17-16-13-3-1-2-4-14(13)20-15(16)10-19-9-11-5-7-12(18)8-6-11/h1-8,19H,9-10H2. The minimum Gasteiger partial charge on any atom is -0.308 e. The van der Waals surface area contributed by atoms with E-state index in [9.17, 15) is 4.39 Å². The fourth-order valence-electron chi connectivity index (χ4n) is 2.10. The lowest BCUT2D eigenvalue weighted by Gasteiger charge is -2.04. The van der Waals surface area contributed by atoms with E-state index >= 15 is 0 Å². The predicted molar refractivity (Wildman–Crippen MR) is 83.8 cm³/mol. The fourth-order valence-corrected chi connectivity index (χ4v) is 3.57. The first-order chi connectivity index (χ1) is 9.74. The van der Waals surface area contributed by atoms with E-state index in [0.717, 1.165) is 27.4 Å². The SMILES string of the molecule is Fc1ccc(CNCc2sc3ccccc3c2Cl)cc1. The van der Waals surface area contributed by atoms with Crippen LogP contribution in [0.1, 0.15) is 10.4 Å². The van der Waals surface area contributed by atoms with E-state index in [1.165, 1.54) is 16.8 Å². The first kappa shape index (κ1) is 13.6. The van der Waals surface area contributed by atoms with Crippen LogP contribution in [0, 0.1) is 5.82 Å². The molecule has 0 saturated heterocycles. The molecule has 0 saturated carbocycles. The maximum atomic E-state index is 12.8. The molecule has 20 heavy (non-hydrogen) atoms. The molecule has 1 N–H and O–H groups in total. The summed E-state index contributed by atoms with van der Waals surface area (Å²) in [6.07, 6.45) is 0. The zero-order valence-corrected chi connectivity index (χ0v) is 12.3. The van der Waals surface area contributed by atoms with Gasteiger partial charge in [-0.15, -0.1) is 11.3 Å². The summed E-state index contributed by atoms with van der Waals surface area (Å²) in [4.78, 5) is 1.13. The van der Waals surface area contributed by atoms with Crippen LogP contribution in [0.15, 0.2) is 48.5 Å². The average molecular weight is 306 g/mol. The van der Waals surface area contributed by atoms with Gasteiger partial charge in [0.25, 0.3) is 0 Å². The molecule has 0 unspecified atom stereocenters. The van der Waals surface area contributed by atoms with E-state index in [1.54, 1.807) is 23.5 Å². The highest BCUT2D eigenvalue weighted by Crippen LogP contribution is 2.34. The van der Waals surface area contributed by atoms with Crippen LogP contribution in [0.5, 0.6) is 0 Å². The second kappa shape index (κ2) is 5.92. The van der Waals surface area contributed by atoms with Gasteiger partial charge in [-0.1, -0.05) is 41.9 Å². The molecule has 0 atom stereocenters. The van der Waals surface area contributed by atoms with Crippen LogP contribution in [0.2, 0.25) is 5.02 Å². The highest BCUT2D eigenvalue weighted by atomic mass is 35.5. The molecular weight excluding hydrogens is 293 g/mol. The zero-order chi connectivity index (χ0) is 13.9. The largest absolute Gasteiger partial charge is 0.308 e. The highest BCUT2D eigenvalue weighted by Gasteiger charge is 2.09. The molecule has 4 heteroatoms. The highest BCUT2D eigenvalue weighted by molar-refractivity contribution is 7.19. The number of halogens is 2. The number of thiophene rings is 1. The molecule has 0 aliphatic carbocycles. The molecule has 3 rings (SSSR count). The quantitative estimate of drug-likeness (QED) is 0.716. The molecule has 0 fully saturated rings. The van der Waals surface area contributed by atoms with Crippen molar-refractivity contribution in [1.29, 1.82) is 0 Å². The van der Waals surface area contributed by atoms with Gasteiger partial charge in [0.1, 0.15) is 5.82 Å². The monoisotopic (exact) mass is 305 g/mol. The molecule has 0 bridgehead atoms. The molecule has 1 nitrogen and oxygen atoms in total. The van der Waals surface area contributed by atoms with Crippen molar-refractivity contribution >= 4 is 33.0 Å². The van der Waals surface area contributed by atoms with Gasteiger partial charge in [0.15, 0.2) is 0 Å². The topological polar surface area (TPSA) is 12.0 Å². The van der Waals surface area contributed by atoms with E-state index in [2.05, 4.69) is 11.4 Å². The van der Waals surface area contributed by atoms with Crippen LogP contribution in [0.4, 0.5) is 4.39 Å². The van der Waals surface area contributed by atoms with Gasteiger partial charge < -0.3 is 5.32 Å². The molecule has 1 aromatic heterocycles. The lowest BCUT2D eigenvalue weighted by Crippen LogP contribution is -2.11. The van der Waals surface area contributed by atoms with Gasteiger partial charge >= 0.3 is 0 Å². The van der Waals surface area contributed by atoms with Gasteiger partial charge in [-0.3, -0.25) is 0 Å². The molecule has 3 aromatic rings. The molecule has 1 heterocycles. The number of nitrogens with one attached hydrogen (secondary N) is 1. The number of rotatable bonds is 4. The number of hydrogen-bond donors (Lipinski definition) is 1. The maximum Gasteiger partial charge on any atom is 0.123 e. The summed E-state index contributed by atoms with van der Waals surface area (Å²) in [6, 6.07) is 14.7. The van der Waals surface area contributed by atoms with Gasteiger partial charge in [-0.25, -0.2) is 4.39 Å². The Balaban J connectivity index is 1.68. The summed E-state index contributed by atoms with van der Waals surface area (Å²) in [7, 11) is 0. The molecular formula is C16H13ClFNS. The van der Waals surface area contributed by atoms with E-state index in [1.807, 2.05) is 18.2 Å². The van der Waals surface area contributed by atoms with Crippen molar-refractivity contribution < 1.29 is 4.39 Å². The van der Waals surface area contributed by atoms with Gasteiger partial charge in [0.2, 0.25) is 0 Å². The summed E-state index contributed by atoms with van der Waals surface area (Å²) < 4.78 is 14.0. The van der Waals surface area contributed by atoms with Crippen molar-refractivity contribution in [2.45, 2.75) is 13.1 Å². The third kappa shape index (κ3) is 2.85. The first-order valence-electron chi connectivity index (χ1n) is 6.35. The lowest BCUT2D eigenvalue weighted by molar-refractivity contribution is 0.625. The Morgan fingerprint density at radius 2 is 1.75 bits per heavy atom. The van der Waals surface area contributed by atoms with Crippen LogP contribution in [0.3, 0.4) is 0 Å². The van der Waals surface area contributed by atoms with E-state index < -0.39 is 0 Å². The van der Waals surface area contributed by atoms with Gasteiger partial charge in [0, 0.05) is 28.1 Å². The van der Waals surface area contributed by atoms with Crippen LogP contribution in [0.25, 0.3) is 10.1 Å². The van der Waals surface area contributed by atoms with Gasteiger partial charge in [0.05, 0.1) is 5.02 Å². The van der Waals surface area contributed by atoms with E-state index in [4.69, 9.17) is 11.6 Å². The summed E-state index contributed by atoms with van der Waals surface area (Å²) in [5, 5.41) is 5.28. The van der Waals surface area contributed by atoms with Crippen LogP contribution in [-0.4, -0.2) is 0 Å². The molecule has 102 valence electrons. The van der Waals surface area contributed by atoms with E-state index in [-0.39, 0.29) is 5.82 Å². The maximum absolute atomic E-state index is 12.8. The average Bonchev–Trinajstić information content (AvgIpc) is 2.78. The van der Waals surface area contributed by atoms with Crippen LogP contribution >= 0.6 is 22.9 Å². The Kier molecular flexibility index (Phi) is 4.01. The molecule has 2 aromatic carbocycles. The van der Waals surface area contributed by atoms with Gasteiger partial charge in [-0.05, 0) is 23.8 Å². The van der Waals surface area contributed by atoms with Gasteiger partial charge in [-0.2, -0.15) is 0 Å². The van der Waals surface area contributed by atoms with Crippen molar-refractivity contribution in [2.24, 2.45) is 0 Å². The second-order valence-corrected chi connectivity index (χ2v) is 6.08. The smallest absolute Gasteiger partial charge is 0.123 e. The summed E-state index contributed by atoms with van der Waals surface area (Å²) in [6.45, 7) is 1.42. The van der Waals surface area contributed by atoms with Crippen molar-refractivity contribution in [3.8, 4) is 0 Å². The summed E-state index contributed by atoms with van der Waals surface area (Å²) in [5.74, 6) is -0.207. The predicted octanol–water partition coefficient (Wildman–Crippen LogP) is 4.98. The van der Waals surface area contributed by atoms with Crippen molar-refractivity contribution in [3.63, 3.8) is 0 Å². The van der Waals surface area contributed by atoms with Crippen LogP contribution in [-0.2, 0) is 13.1 Å². The Hall–Kier alpha value is -1.42. The zero-order valence-electron chi connectivity index (χ0n) is 10.7. The second-order valence-electron chi connectivity index (χ2n) is 4.57. The molecule has 0 radical (unpaired) electrons. The minimum absolute atomic E-state index is 0.207. The summed E-state index contributed by atoms with van der Waals surface area (Å²) in [5.41, 5.74) is 1.06. The first-order valence-corrected chi connectivity index (χ1v) is 7.54. The number of hydrogen-bond acceptors (Lipinski definition) is 2. The lowest BCUT2D eigenvalue weighted by atomic mass is 10.2. The molecule has 0 amide bonds. The Morgan fingerprint density at radius 1 is 1.00 bits per heavy atom. The third-order valence-electron chi connectivity index (χ3n) is 3.13. The molecule has 0 spiro atoms. The Bertz CT molecular complexity index is 721.